The highest BCUT2D eigenvalue weighted by molar-refractivity contribution is 6.38. The number of rotatable bonds is 24. The van der Waals surface area contributed by atoms with Crippen LogP contribution >= 0.6 is 0 Å². The predicted molar refractivity (Wildman–Crippen MR) is 215 cm³/mol. The van der Waals surface area contributed by atoms with Crippen LogP contribution in [0.3, 0.4) is 0 Å². The highest BCUT2D eigenvalue weighted by atomic mass is 16.5. The van der Waals surface area contributed by atoms with Gasteiger partial charge >= 0.3 is 11.9 Å². The Bertz CT molecular complexity index is 2040. The van der Waals surface area contributed by atoms with Crippen molar-refractivity contribution in [3.8, 4) is 0 Å². The second kappa shape index (κ2) is 22.6. The van der Waals surface area contributed by atoms with Gasteiger partial charge in [-0.05, 0) is 48.6 Å². The number of ketones is 3. The number of nitrogens with two attached hydrogens (primary N) is 1. The molecule has 6 N–H and O–H groups in total. The Balaban J connectivity index is 1.52. The van der Waals surface area contributed by atoms with Gasteiger partial charge in [-0.25, -0.2) is 4.79 Å². The van der Waals surface area contributed by atoms with Crippen LogP contribution in [0.25, 0.3) is 0 Å². The number of carbonyl (C=O) groups is 9. The minimum atomic E-state index is -1.33. The number of hydrogen-bond acceptors (Lipinski definition) is 10. The van der Waals surface area contributed by atoms with Gasteiger partial charge in [-0.15, -0.1) is 0 Å². The molecule has 0 spiro atoms. The number of nitrogens with one attached hydrogen (secondary N) is 2. The van der Waals surface area contributed by atoms with Crippen molar-refractivity contribution in [1.29, 1.82) is 0 Å². The fourth-order valence-corrected chi connectivity index (χ4v) is 7.03. The molecule has 0 radical (unpaired) electrons. The molecule has 60 heavy (non-hydrogen) atoms. The maximum absolute atomic E-state index is 14.4. The Morgan fingerprint density at radius 3 is 2.12 bits per heavy atom. The monoisotopic (exact) mass is 826 g/mol. The summed E-state index contributed by atoms with van der Waals surface area (Å²) in [7, 11) is 0. The van der Waals surface area contributed by atoms with E-state index in [1.165, 1.54) is 23.1 Å². The van der Waals surface area contributed by atoms with Crippen molar-refractivity contribution in [1.82, 2.24) is 15.5 Å². The molecular weight excluding hydrogens is 776 g/mol. The number of ether oxygens (including phenoxy) is 1. The fourth-order valence-electron chi connectivity index (χ4n) is 7.03. The molecule has 0 aliphatic carbocycles. The number of benzene rings is 3. The summed E-state index contributed by atoms with van der Waals surface area (Å²) in [5.74, 6) is -8.77. The van der Waals surface area contributed by atoms with E-state index in [4.69, 9.17) is 10.5 Å². The molecular formula is C44H50N4O12. The van der Waals surface area contributed by atoms with Gasteiger partial charge in [0, 0.05) is 50.1 Å². The number of carboxylic acid groups (broad SMARTS) is 2. The van der Waals surface area contributed by atoms with E-state index in [1.54, 1.807) is 37.3 Å². The van der Waals surface area contributed by atoms with Gasteiger partial charge in [0.25, 0.3) is 5.91 Å². The smallest absolute Gasteiger partial charge is 0.335 e. The number of carbonyl (C=O) groups excluding carboxylic acids is 7. The largest absolute Gasteiger partial charge is 0.481 e. The van der Waals surface area contributed by atoms with Crippen molar-refractivity contribution < 1.29 is 58.1 Å². The first-order chi connectivity index (χ1) is 28.7. The molecule has 0 saturated carbocycles. The van der Waals surface area contributed by atoms with E-state index in [-0.39, 0.29) is 56.4 Å². The van der Waals surface area contributed by atoms with E-state index >= 15 is 0 Å². The fraction of sp³-hybridized carbons (Fsp3) is 0.386. The van der Waals surface area contributed by atoms with Gasteiger partial charge in [0.2, 0.25) is 23.5 Å². The van der Waals surface area contributed by atoms with E-state index in [0.717, 1.165) is 11.6 Å². The first kappa shape index (κ1) is 46.1. The van der Waals surface area contributed by atoms with Crippen LogP contribution in [0, 0.1) is 5.92 Å². The third-order valence-corrected chi connectivity index (χ3v) is 10.1. The Hall–Kier alpha value is -6.55. The number of hydrogen-bond donors (Lipinski definition) is 5. The third-order valence-electron chi connectivity index (χ3n) is 10.1. The summed E-state index contributed by atoms with van der Waals surface area (Å²) in [6.07, 6.45) is -1.87. The first-order valence-corrected chi connectivity index (χ1v) is 19.7. The van der Waals surface area contributed by atoms with Crippen LogP contribution in [0.15, 0.2) is 84.9 Å². The van der Waals surface area contributed by atoms with E-state index in [1.807, 2.05) is 30.3 Å². The zero-order valence-electron chi connectivity index (χ0n) is 33.2. The standard InChI is InChI=1S/C44H50N4O12/c1-2-11-29(40(54)35(49)20-21-37(51)47-39(41(45)55)28-14-7-4-8-15-28)23-36(50)34-24-32(60-26-27-12-5-3-6-13-27)25-48(34)43(57)33(18-10-19-38(52)53)46-42(56)30-16-9-17-31(22-30)44(58)59/h3-9,12-17,22,29,32-34,39H,2,10-11,18-21,23-26H2,1H3,(H2,45,55)(H,46,56)(H,47,51)(H,52,53)(H,58,59)/t29?,32-,33+,34+,39+/m1/s1. The average Bonchev–Trinajstić information content (AvgIpc) is 3.68. The summed E-state index contributed by atoms with van der Waals surface area (Å²) in [5.41, 5.74) is 6.53. The van der Waals surface area contributed by atoms with E-state index < -0.39 is 102 Å². The number of carboxylic acids is 2. The van der Waals surface area contributed by atoms with Crippen molar-refractivity contribution in [2.75, 3.05) is 6.54 Å². The molecule has 1 aliphatic rings. The summed E-state index contributed by atoms with van der Waals surface area (Å²) < 4.78 is 6.14. The number of aliphatic carboxylic acids is 1. The Kier molecular flexibility index (Phi) is 17.3. The SMILES string of the molecule is CCCC(CC(=O)[C@@H]1C[C@@H](OCc2ccccc2)CN1C(=O)[C@H](CCCC(=O)O)NC(=O)c1cccc(C(=O)O)c1)C(=O)C(=O)CCC(=O)N[C@H](C(N)=O)c1ccccc1. The molecule has 16 heteroatoms. The van der Waals surface area contributed by atoms with Crippen molar-refractivity contribution in [2.24, 2.45) is 11.7 Å². The molecule has 0 bridgehead atoms. The summed E-state index contributed by atoms with van der Waals surface area (Å²) >= 11 is 0. The lowest BCUT2D eigenvalue weighted by atomic mass is 9.87. The third kappa shape index (κ3) is 13.5. The van der Waals surface area contributed by atoms with Crippen molar-refractivity contribution in [3.63, 3.8) is 0 Å². The molecule has 3 aromatic carbocycles. The Morgan fingerprint density at radius 2 is 1.48 bits per heavy atom. The minimum Gasteiger partial charge on any atom is -0.481 e. The highest BCUT2D eigenvalue weighted by Crippen LogP contribution is 2.28. The first-order valence-electron chi connectivity index (χ1n) is 19.7. The molecule has 1 saturated heterocycles. The number of primary amides is 1. The Morgan fingerprint density at radius 1 is 0.817 bits per heavy atom. The molecule has 318 valence electrons. The average molecular weight is 827 g/mol. The van der Waals surface area contributed by atoms with Crippen LogP contribution in [-0.4, -0.2) is 92.8 Å². The van der Waals surface area contributed by atoms with Crippen molar-refractivity contribution >= 4 is 52.9 Å². The Labute approximate surface area is 346 Å². The van der Waals surface area contributed by atoms with E-state index in [0.29, 0.717) is 12.0 Å². The molecule has 1 heterocycles. The molecule has 3 aromatic rings. The number of nitrogens with zero attached hydrogens (tertiary/aromatic N) is 1. The van der Waals surface area contributed by atoms with Gasteiger partial charge < -0.3 is 36.2 Å². The predicted octanol–water partition coefficient (Wildman–Crippen LogP) is 3.56. The lowest BCUT2D eigenvalue weighted by Crippen LogP contribution is -2.52. The molecule has 1 aliphatic heterocycles. The zero-order valence-corrected chi connectivity index (χ0v) is 33.2. The molecule has 4 amide bonds. The van der Waals surface area contributed by atoms with Crippen LogP contribution in [0.4, 0.5) is 0 Å². The van der Waals surface area contributed by atoms with Gasteiger partial charge in [0.15, 0.2) is 11.6 Å². The highest BCUT2D eigenvalue weighted by Gasteiger charge is 2.43. The van der Waals surface area contributed by atoms with E-state index in [2.05, 4.69) is 10.6 Å². The summed E-state index contributed by atoms with van der Waals surface area (Å²) in [5, 5.41) is 23.8. The number of aromatic carboxylic acids is 1. The second-order valence-corrected chi connectivity index (χ2v) is 14.6. The number of amides is 4. The topological polar surface area (TPSA) is 257 Å². The van der Waals surface area contributed by atoms with Crippen LogP contribution in [0.5, 0.6) is 0 Å². The summed E-state index contributed by atoms with van der Waals surface area (Å²) in [6, 6.07) is 18.9. The molecule has 1 fully saturated rings. The minimum absolute atomic E-state index is 0.0236. The quantitative estimate of drug-likeness (QED) is 0.0813. The van der Waals surface area contributed by atoms with Gasteiger partial charge in [-0.2, -0.15) is 0 Å². The van der Waals surface area contributed by atoms with E-state index in [9.17, 15) is 53.4 Å². The molecule has 5 atom stereocenters. The normalized spacial score (nSPS) is 16.2. The maximum atomic E-state index is 14.4. The lowest BCUT2D eigenvalue weighted by molar-refractivity contribution is -0.143. The molecule has 4 rings (SSSR count). The molecule has 0 aromatic heterocycles. The second-order valence-electron chi connectivity index (χ2n) is 14.6. The zero-order chi connectivity index (χ0) is 43.8. The van der Waals surface area contributed by atoms with Gasteiger partial charge in [0.1, 0.15) is 12.1 Å². The number of Topliss-reactive ketones (excluding diaryl/α,β-unsaturated/α-hetero) is 3. The summed E-state index contributed by atoms with van der Waals surface area (Å²) in [6.45, 7) is 1.83. The van der Waals surface area contributed by atoms with Crippen LogP contribution in [-0.2, 0) is 44.9 Å². The summed E-state index contributed by atoms with van der Waals surface area (Å²) in [4.78, 5) is 118. The van der Waals surface area contributed by atoms with Crippen LogP contribution < -0.4 is 16.4 Å². The van der Waals surface area contributed by atoms with Crippen LogP contribution in [0.2, 0.25) is 0 Å². The maximum Gasteiger partial charge on any atom is 0.335 e. The van der Waals surface area contributed by atoms with Gasteiger partial charge in [-0.1, -0.05) is 80.1 Å². The van der Waals surface area contributed by atoms with Crippen LogP contribution in [0.1, 0.15) is 103 Å². The van der Waals surface area contributed by atoms with Crippen molar-refractivity contribution in [2.45, 2.75) is 95.5 Å². The molecule has 1 unspecified atom stereocenters. The van der Waals surface area contributed by atoms with Gasteiger partial charge in [0.05, 0.1) is 24.3 Å². The lowest BCUT2D eigenvalue weighted by Gasteiger charge is -2.29. The number of likely N-dealkylation sites (tertiary alicyclic amines) is 1. The van der Waals surface area contributed by atoms with Crippen molar-refractivity contribution in [3.05, 3.63) is 107 Å². The molecule has 16 nitrogen and oxygen atoms in total. The van der Waals surface area contributed by atoms with Gasteiger partial charge in [-0.3, -0.25) is 38.4 Å².